The number of halogens is 3. The number of fused-ring (bicyclic) bond motifs is 1. The Kier molecular flexibility index (Phi) is 6.98. The quantitative estimate of drug-likeness (QED) is 0.355. The molecule has 0 bridgehead atoms. The molecule has 2 N–H and O–H groups in total. The van der Waals surface area contributed by atoms with E-state index in [-0.39, 0.29) is 29.9 Å². The van der Waals surface area contributed by atoms with E-state index >= 15 is 0 Å². The molecule has 2 aromatic carbocycles. The molecule has 0 spiro atoms. The first-order valence-corrected chi connectivity index (χ1v) is 12.4. The molecule has 4 aromatic rings. The molecule has 0 saturated carbocycles. The third-order valence-electron chi connectivity index (χ3n) is 6.41. The topological polar surface area (TPSA) is 98.1 Å². The van der Waals surface area contributed by atoms with Crippen molar-refractivity contribution in [1.29, 1.82) is 0 Å². The molecule has 1 fully saturated rings. The standard InChI is InChI=1S/C27H24ClF2N5O3/c1-14-8-23(35-12-17(30)11-31-35)18-4-3-5-24(26(18)32-14)38-13-20-19(9-16(29)10-21(20)28)15(2)33-27(37)22-6-7-25(36)34-22/h3-5,8-12,15,22H,6-7,13H2,1-2H3,(H,33,37)(H,34,36)/t15-,22+/m0/s1. The van der Waals surface area contributed by atoms with Crippen molar-refractivity contribution in [2.24, 2.45) is 0 Å². The lowest BCUT2D eigenvalue weighted by molar-refractivity contribution is -0.126. The number of hydrogen-bond acceptors (Lipinski definition) is 5. The largest absolute Gasteiger partial charge is 0.487 e. The maximum Gasteiger partial charge on any atom is 0.243 e. The minimum Gasteiger partial charge on any atom is -0.487 e. The van der Waals surface area contributed by atoms with Gasteiger partial charge in [0.25, 0.3) is 0 Å². The molecule has 0 unspecified atom stereocenters. The molecule has 3 heterocycles. The molecule has 1 saturated heterocycles. The van der Waals surface area contributed by atoms with Crippen LogP contribution in [0, 0.1) is 18.6 Å². The van der Waals surface area contributed by atoms with E-state index in [1.165, 1.54) is 23.0 Å². The highest BCUT2D eigenvalue weighted by molar-refractivity contribution is 6.31. The monoisotopic (exact) mass is 539 g/mol. The molecule has 196 valence electrons. The van der Waals surface area contributed by atoms with Crippen LogP contribution in [0.15, 0.2) is 48.8 Å². The average Bonchev–Trinajstić information content (AvgIpc) is 3.50. The van der Waals surface area contributed by atoms with Crippen LogP contribution < -0.4 is 15.4 Å². The second-order valence-electron chi connectivity index (χ2n) is 9.17. The van der Waals surface area contributed by atoms with Crippen molar-refractivity contribution >= 4 is 34.3 Å². The Morgan fingerprint density at radius 2 is 2.11 bits per heavy atom. The number of benzene rings is 2. The third kappa shape index (κ3) is 5.17. The minimum atomic E-state index is -0.629. The van der Waals surface area contributed by atoms with Gasteiger partial charge in [-0.15, -0.1) is 0 Å². The van der Waals surface area contributed by atoms with Crippen molar-refractivity contribution in [3.8, 4) is 11.4 Å². The van der Waals surface area contributed by atoms with Gasteiger partial charge in [0, 0.05) is 23.1 Å². The zero-order valence-corrected chi connectivity index (χ0v) is 21.4. The maximum atomic E-state index is 14.3. The minimum absolute atomic E-state index is 0.0325. The highest BCUT2D eigenvalue weighted by Gasteiger charge is 2.29. The number of carbonyl (C=O) groups excluding carboxylic acids is 2. The number of amides is 2. The van der Waals surface area contributed by atoms with Crippen molar-refractivity contribution in [2.45, 2.75) is 45.4 Å². The fourth-order valence-corrected chi connectivity index (χ4v) is 4.85. The Labute approximate surface area is 222 Å². The number of para-hydroxylation sites is 1. The molecule has 0 aliphatic carbocycles. The van der Waals surface area contributed by atoms with E-state index in [1.807, 2.05) is 13.0 Å². The average molecular weight is 540 g/mol. The van der Waals surface area contributed by atoms with E-state index < -0.39 is 23.7 Å². The van der Waals surface area contributed by atoms with Crippen LogP contribution in [0.25, 0.3) is 16.6 Å². The van der Waals surface area contributed by atoms with Gasteiger partial charge in [-0.25, -0.2) is 18.4 Å². The Morgan fingerprint density at radius 3 is 2.82 bits per heavy atom. The van der Waals surface area contributed by atoms with Crippen molar-refractivity contribution in [3.63, 3.8) is 0 Å². The van der Waals surface area contributed by atoms with Gasteiger partial charge in [-0.3, -0.25) is 9.59 Å². The molecule has 8 nitrogen and oxygen atoms in total. The predicted octanol–water partition coefficient (Wildman–Crippen LogP) is 4.70. The summed E-state index contributed by atoms with van der Waals surface area (Å²) >= 11 is 6.43. The third-order valence-corrected chi connectivity index (χ3v) is 6.75. The highest BCUT2D eigenvalue weighted by atomic mass is 35.5. The Balaban J connectivity index is 1.44. The van der Waals surface area contributed by atoms with Crippen LogP contribution in [0.2, 0.25) is 5.02 Å². The van der Waals surface area contributed by atoms with E-state index in [0.29, 0.717) is 45.6 Å². The fourth-order valence-electron chi connectivity index (χ4n) is 4.58. The molecule has 38 heavy (non-hydrogen) atoms. The fraction of sp³-hybridized carbons (Fsp3) is 0.259. The number of nitrogens with one attached hydrogen (secondary N) is 2. The molecule has 2 atom stereocenters. The van der Waals surface area contributed by atoms with Crippen LogP contribution in [-0.2, 0) is 16.2 Å². The van der Waals surface area contributed by atoms with Crippen molar-refractivity contribution in [1.82, 2.24) is 25.4 Å². The number of hydrogen-bond donors (Lipinski definition) is 2. The number of rotatable bonds is 7. The molecule has 0 radical (unpaired) electrons. The molecular weight excluding hydrogens is 516 g/mol. The van der Waals surface area contributed by atoms with Crippen LogP contribution in [-0.4, -0.2) is 32.6 Å². The molecule has 2 amide bonds. The SMILES string of the molecule is Cc1cc(-n2cc(F)cn2)c2cccc(OCc3c(Cl)cc(F)cc3[C@H](C)NC(=O)[C@H]3CCC(=O)N3)c2n1. The molecule has 2 aromatic heterocycles. The Bertz CT molecular complexity index is 1560. The first-order chi connectivity index (χ1) is 18.2. The van der Waals surface area contributed by atoms with Gasteiger partial charge >= 0.3 is 0 Å². The van der Waals surface area contributed by atoms with E-state index in [2.05, 4.69) is 20.7 Å². The zero-order valence-electron chi connectivity index (χ0n) is 20.6. The van der Waals surface area contributed by atoms with E-state index in [0.717, 1.165) is 6.20 Å². The van der Waals surface area contributed by atoms with Crippen molar-refractivity contribution in [2.75, 3.05) is 0 Å². The van der Waals surface area contributed by atoms with Gasteiger partial charge in [0.1, 0.15) is 29.7 Å². The lowest BCUT2D eigenvalue weighted by Gasteiger charge is -2.21. The summed E-state index contributed by atoms with van der Waals surface area (Å²) in [5, 5.41) is 10.4. The van der Waals surface area contributed by atoms with Crippen molar-refractivity contribution < 1.29 is 23.1 Å². The highest BCUT2D eigenvalue weighted by Crippen LogP contribution is 2.32. The van der Waals surface area contributed by atoms with Crippen LogP contribution in [0.5, 0.6) is 5.75 Å². The van der Waals surface area contributed by atoms with Gasteiger partial charge in [0.05, 0.1) is 29.1 Å². The Hall–Kier alpha value is -4.05. The van der Waals surface area contributed by atoms with Crippen LogP contribution >= 0.6 is 11.6 Å². The maximum absolute atomic E-state index is 14.3. The van der Waals surface area contributed by atoms with Gasteiger partial charge in [0.15, 0.2) is 5.82 Å². The normalized spacial score (nSPS) is 15.9. The molecular formula is C27H24ClF2N5O3. The van der Waals surface area contributed by atoms with Gasteiger partial charge in [-0.1, -0.05) is 23.7 Å². The van der Waals surface area contributed by atoms with E-state index in [4.69, 9.17) is 16.3 Å². The summed E-state index contributed by atoms with van der Waals surface area (Å²) in [6.45, 7) is 3.49. The van der Waals surface area contributed by atoms with Crippen LogP contribution in [0.3, 0.4) is 0 Å². The lowest BCUT2D eigenvalue weighted by atomic mass is 10.0. The van der Waals surface area contributed by atoms with E-state index in [1.54, 1.807) is 25.1 Å². The zero-order chi connectivity index (χ0) is 27.0. The number of nitrogens with zero attached hydrogens (tertiary/aromatic N) is 3. The smallest absolute Gasteiger partial charge is 0.243 e. The number of aryl methyl sites for hydroxylation is 1. The summed E-state index contributed by atoms with van der Waals surface area (Å²) in [5.41, 5.74) is 2.80. The lowest BCUT2D eigenvalue weighted by Crippen LogP contribution is -2.42. The van der Waals surface area contributed by atoms with Crippen LogP contribution in [0.1, 0.15) is 42.6 Å². The second-order valence-corrected chi connectivity index (χ2v) is 9.58. The van der Waals surface area contributed by atoms with Crippen LogP contribution in [0.4, 0.5) is 8.78 Å². The molecule has 5 rings (SSSR count). The Morgan fingerprint density at radius 1 is 1.29 bits per heavy atom. The number of pyridine rings is 1. The van der Waals surface area contributed by atoms with Crippen molar-refractivity contribution in [3.05, 3.63) is 82.3 Å². The van der Waals surface area contributed by atoms with E-state index in [9.17, 15) is 18.4 Å². The van der Waals surface area contributed by atoms with Gasteiger partial charge in [-0.2, -0.15) is 5.10 Å². The van der Waals surface area contributed by atoms with Gasteiger partial charge in [0.2, 0.25) is 11.8 Å². The second kappa shape index (κ2) is 10.4. The summed E-state index contributed by atoms with van der Waals surface area (Å²) in [5.74, 6) is -1.11. The first kappa shape index (κ1) is 25.6. The summed E-state index contributed by atoms with van der Waals surface area (Å²) < 4.78 is 35.6. The molecule has 1 aliphatic heterocycles. The predicted molar refractivity (Wildman–Crippen MR) is 137 cm³/mol. The summed E-state index contributed by atoms with van der Waals surface area (Å²) in [6.07, 6.45) is 3.09. The number of aromatic nitrogens is 3. The summed E-state index contributed by atoms with van der Waals surface area (Å²) in [7, 11) is 0. The molecule has 11 heteroatoms. The number of carbonyl (C=O) groups is 2. The summed E-state index contributed by atoms with van der Waals surface area (Å²) in [4.78, 5) is 28.8. The number of ether oxygens (including phenoxy) is 1. The van der Waals surface area contributed by atoms with Gasteiger partial charge in [-0.05, 0) is 50.1 Å². The first-order valence-electron chi connectivity index (χ1n) is 12.0. The van der Waals surface area contributed by atoms with Gasteiger partial charge < -0.3 is 15.4 Å². The molecule has 1 aliphatic rings. The summed E-state index contributed by atoms with van der Waals surface area (Å²) in [6, 6.07) is 8.41.